The second-order valence-electron chi connectivity index (χ2n) is 3.83. The predicted molar refractivity (Wildman–Crippen MR) is 71.1 cm³/mol. The van der Waals surface area contributed by atoms with Crippen molar-refractivity contribution in [1.29, 1.82) is 0 Å². The van der Waals surface area contributed by atoms with E-state index in [1.807, 2.05) is 0 Å². The number of carbonyl (C=O) groups excluding carboxylic acids is 1. The van der Waals surface area contributed by atoms with Crippen LogP contribution in [0.5, 0.6) is 0 Å². The molecule has 0 radical (unpaired) electrons. The zero-order valence-electron chi connectivity index (χ0n) is 10.5. The molecule has 0 saturated heterocycles. The Morgan fingerprint density at radius 3 is 2.79 bits per heavy atom. The van der Waals surface area contributed by atoms with Crippen LogP contribution in [0.15, 0.2) is 18.2 Å². The number of aliphatic hydroxyl groups excluding tert-OH is 1. The average Bonchev–Trinajstić information content (AvgIpc) is 2.34. The molecule has 0 aromatic carbocycles. The molecule has 0 fully saturated rings. The Hall–Kier alpha value is -1.91. The van der Waals surface area contributed by atoms with Gasteiger partial charge in [-0.05, 0) is 25.0 Å². The first-order valence-corrected chi connectivity index (χ1v) is 7.36. The molecule has 0 spiro atoms. The summed E-state index contributed by atoms with van der Waals surface area (Å²) >= 11 is 0. The van der Waals surface area contributed by atoms with Crippen LogP contribution in [0.25, 0.3) is 0 Å². The van der Waals surface area contributed by atoms with Crippen molar-refractivity contribution >= 4 is 21.6 Å². The van der Waals surface area contributed by atoms with Crippen LogP contribution in [0, 0.1) is 11.8 Å². The zero-order valence-corrected chi connectivity index (χ0v) is 11.4. The first kappa shape index (κ1) is 15.1. The van der Waals surface area contributed by atoms with Gasteiger partial charge in [0, 0.05) is 6.26 Å². The summed E-state index contributed by atoms with van der Waals surface area (Å²) in [4.78, 5) is 15.7. The third-order valence-corrected chi connectivity index (χ3v) is 3.81. The molecule has 1 aromatic heterocycles. The van der Waals surface area contributed by atoms with Crippen LogP contribution < -0.4 is 5.32 Å². The standard InChI is InChI=1S/C12H14N2O4S/c1-9(19(2,17)18)12(16)14-11-7-3-5-10(13-11)6-4-8-15/h3,5,7,9,15H,8H2,1-2H3,(H,13,14,16). The van der Waals surface area contributed by atoms with Crippen LogP contribution in [0.1, 0.15) is 12.6 Å². The number of aromatic nitrogens is 1. The number of pyridine rings is 1. The van der Waals surface area contributed by atoms with Crippen molar-refractivity contribution in [2.75, 3.05) is 18.2 Å². The Morgan fingerprint density at radius 1 is 1.53 bits per heavy atom. The highest BCUT2D eigenvalue weighted by Gasteiger charge is 2.23. The monoisotopic (exact) mass is 282 g/mol. The molecule has 19 heavy (non-hydrogen) atoms. The van der Waals surface area contributed by atoms with Crippen molar-refractivity contribution < 1.29 is 18.3 Å². The third kappa shape index (κ3) is 4.69. The summed E-state index contributed by atoms with van der Waals surface area (Å²) < 4.78 is 22.5. The molecule has 1 atom stereocenters. The molecular formula is C12H14N2O4S. The van der Waals surface area contributed by atoms with Gasteiger partial charge in [-0.3, -0.25) is 4.79 Å². The first-order valence-electron chi connectivity index (χ1n) is 5.41. The van der Waals surface area contributed by atoms with E-state index < -0.39 is 21.0 Å². The van der Waals surface area contributed by atoms with Crippen molar-refractivity contribution in [1.82, 2.24) is 4.98 Å². The number of aliphatic hydroxyl groups is 1. The molecule has 2 N–H and O–H groups in total. The summed E-state index contributed by atoms with van der Waals surface area (Å²) in [7, 11) is -3.45. The van der Waals surface area contributed by atoms with Crippen molar-refractivity contribution in [3.63, 3.8) is 0 Å². The topological polar surface area (TPSA) is 96.4 Å². The summed E-state index contributed by atoms with van der Waals surface area (Å²) in [6.07, 6.45) is 0.994. The molecule has 0 bridgehead atoms. The molecule has 1 unspecified atom stereocenters. The Labute approximate surface area is 111 Å². The number of amides is 1. The van der Waals surface area contributed by atoms with Gasteiger partial charge in [-0.1, -0.05) is 12.0 Å². The van der Waals surface area contributed by atoms with E-state index in [4.69, 9.17) is 5.11 Å². The normalized spacial score (nSPS) is 12.2. The number of nitrogens with zero attached hydrogens (tertiary/aromatic N) is 1. The first-order chi connectivity index (χ1) is 8.84. The number of nitrogens with one attached hydrogen (secondary N) is 1. The summed E-state index contributed by atoms with van der Waals surface area (Å²) in [5.74, 6) is 4.58. The Bertz CT molecular complexity index is 629. The second-order valence-corrected chi connectivity index (χ2v) is 6.20. The van der Waals surface area contributed by atoms with Gasteiger partial charge >= 0.3 is 0 Å². The van der Waals surface area contributed by atoms with E-state index in [0.29, 0.717) is 5.69 Å². The van der Waals surface area contributed by atoms with Gasteiger partial charge in [0.2, 0.25) is 5.91 Å². The second kappa shape index (κ2) is 6.31. The summed E-state index contributed by atoms with van der Waals surface area (Å²) in [5, 5.41) is 9.82. The van der Waals surface area contributed by atoms with Gasteiger partial charge in [-0.2, -0.15) is 0 Å². The minimum Gasteiger partial charge on any atom is -0.384 e. The lowest BCUT2D eigenvalue weighted by molar-refractivity contribution is -0.115. The molecule has 6 nitrogen and oxygen atoms in total. The largest absolute Gasteiger partial charge is 0.384 e. The maximum atomic E-state index is 11.7. The zero-order chi connectivity index (χ0) is 14.5. The highest BCUT2D eigenvalue weighted by Crippen LogP contribution is 2.07. The van der Waals surface area contributed by atoms with Crippen LogP contribution in [-0.2, 0) is 14.6 Å². The van der Waals surface area contributed by atoms with Gasteiger partial charge in [0.25, 0.3) is 0 Å². The molecule has 0 saturated carbocycles. The van der Waals surface area contributed by atoms with Gasteiger partial charge < -0.3 is 10.4 Å². The smallest absolute Gasteiger partial charge is 0.243 e. The lowest BCUT2D eigenvalue weighted by Gasteiger charge is -2.09. The molecule has 1 rings (SSSR count). The number of rotatable bonds is 3. The van der Waals surface area contributed by atoms with Gasteiger partial charge in [0.05, 0.1) is 0 Å². The lowest BCUT2D eigenvalue weighted by Crippen LogP contribution is -2.32. The Kier molecular flexibility index (Phi) is 5.03. The maximum absolute atomic E-state index is 11.7. The molecule has 1 heterocycles. The van der Waals surface area contributed by atoms with Crippen LogP contribution in [-0.4, -0.2) is 42.5 Å². The molecule has 102 valence electrons. The average molecular weight is 282 g/mol. The fourth-order valence-electron chi connectivity index (χ4n) is 1.13. The third-order valence-electron chi connectivity index (χ3n) is 2.31. The highest BCUT2D eigenvalue weighted by molar-refractivity contribution is 7.92. The fraction of sp³-hybridized carbons (Fsp3) is 0.333. The van der Waals surface area contributed by atoms with Crippen molar-refractivity contribution in [3.8, 4) is 11.8 Å². The van der Waals surface area contributed by atoms with Crippen LogP contribution in [0.2, 0.25) is 0 Å². The Morgan fingerprint density at radius 2 is 2.21 bits per heavy atom. The minimum atomic E-state index is -3.45. The van der Waals surface area contributed by atoms with Crippen molar-refractivity contribution in [3.05, 3.63) is 23.9 Å². The molecule has 0 aliphatic heterocycles. The van der Waals surface area contributed by atoms with Crippen LogP contribution in [0.4, 0.5) is 5.82 Å². The summed E-state index contributed by atoms with van der Waals surface area (Å²) in [6, 6.07) is 4.75. The molecular weight excluding hydrogens is 268 g/mol. The minimum absolute atomic E-state index is 0.213. The molecule has 0 aliphatic carbocycles. The Balaban J connectivity index is 2.86. The van der Waals surface area contributed by atoms with E-state index in [9.17, 15) is 13.2 Å². The number of sulfone groups is 1. The van der Waals surface area contributed by atoms with E-state index in [0.717, 1.165) is 6.26 Å². The molecule has 1 aromatic rings. The van der Waals surface area contributed by atoms with E-state index in [-0.39, 0.29) is 12.4 Å². The van der Waals surface area contributed by atoms with Crippen molar-refractivity contribution in [2.24, 2.45) is 0 Å². The quantitative estimate of drug-likeness (QED) is 0.748. The lowest BCUT2D eigenvalue weighted by atomic mass is 10.3. The van der Waals surface area contributed by atoms with E-state index in [2.05, 4.69) is 22.1 Å². The predicted octanol–water partition coefficient (Wildman–Crippen LogP) is -0.203. The number of hydrogen-bond acceptors (Lipinski definition) is 5. The van der Waals surface area contributed by atoms with Crippen LogP contribution >= 0.6 is 0 Å². The van der Waals surface area contributed by atoms with Gasteiger partial charge in [0.15, 0.2) is 9.84 Å². The van der Waals surface area contributed by atoms with E-state index in [1.165, 1.54) is 13.0 Å². The van der Waals surface area contributed by atoms with Crippen LogP contribution in [0.3, 0.4) is 0 Å². The van der Waals surface area contributed by atoms with Gasteiger partial charge in [-0.15, -0.1) is 0 Å². The summed E-state index contributed by atoms with van der Waals surface area (Å²) in [6.45, 7) is 1.02. The van der Waals surface area contributed by atoms with E-state index in [1.54, 1.807) is 12.1 Å². The SMILES string of the molecule is CC(C(=O)Nc1cccc(C#CCO)n1)S(C)(=O)=O. The maximum Gasteiger partial charge on any atom is 0.243 e. The number of hydrogen-bond donors (Lipinski definition) is 2. The molecule has 0 aliphatic rings. The fourth-order valence-corrected chi connectivity index (χ4v) is 1.57. The molecule has 1 amide bonds. The van der Waals surface area contributed by atoms with E-state index >= 15 is 0 Å². The highest BCUT2D eigenvalue weighted by atomic mass is 32.2. The van der Waals surface area contributed by atoms with Crippen molar-refractivity contribution in [2.45, 2.75) is 12.2 Å². The number of anilines is 1. The van der Waals surface area contributed by atoms with Gasteiger partial charge in [0.1, 0.15) is 23.4 Å². The van der Waals surface area contributed by atoms with Gasteiger partial charge in [-0.25, -0.2) is 13.4 Å². The number of carbonyl (C=O) groups is 1. The summed E-state index contributed by atoms with van der Waals surface area (Å²) in [5.41, 5.74) is 0.374. The molecule has 7 heteroatoms.